The summed E-state index contributed by atoms with van der Waals surface area (Å²) in [6.07, 6.45) is 3.81. The molecule has 4 rings (SSSR count). The van der Waals surface area contributed by atoms with Crippen molar-refractivity contribution in [2.75, 3.05) is 18.0 Å². The first kappa shape index (κ1) is 13.9. The Morgan fingerprint density at radius 2 is 1.70 bits per heavy atom. The Bertz CT molecular complexity index is 816. The lowest BCUT2D eigenvalue weighted by Gasteiger charge is -2.29. The molecule has 23 heavy (non-hydrogen) atoms. The van der Waals surface area contributed by atoms with Crippen molar-refractivity contribution in [3.8, 4) is 0 Å². The fourth-order valence-electron chi connectivity index (χ4n) is 3.11. The van der Waals surface area contributed by atoms with E-state index in [1.807, 2.05) is 36.4 Å². The Morgan fingerprint density at radius 1 is 0.870 bits per heavy atom. The summed E-state index contributed by atoms with van der Waals surface area (Å²) in [6, 6.07) is 16.0. The number of rotatable bonds is 3. The lowest BCUT2D eigenvalue weighted by atomic mass is 10.1. The van der Waals surface area contributed by atoms with Crippen molar-refractivity contribution in [2.45, 2.75) is 19.3 Å². The van der Waals surface area contributed by atoms with Crippen LogP contribution in [-0.2, 0) is 0 Å². The lowest BCUT2D eigenvalue weighted by molar-refractivity contribution is 0.579. The monoisotopic (exact) mass is 305 g/mol. The molecule has 0 bridgehead atoms. The molecule has 1 aromatic heterocycles. The Balaban J connectivity index is 1.74. The molecule has 0 amide bonds. The van der Waals surface area contributed by atoms with Crippen LogP contribution in [0.1, 0.15) is 19.3 Å². The van der Waals surface area contributed by atoms with Crippen LogP contribution in [0.4, 0.5) is 17.2 Å². The molecule has 116 valence electrons. The minimum Gasteiger partial charge on any atom is -0.371 e. The molecule has 0 radical (unpaired) electrons. The fourth-order valence-corrected chi connectivity index (χ4v) is 3.11. The maximum Gasteiger partial charge on any atom is 0.205 e. The number of anilines is 1. The Hall–Kier alpha value is -2.69. The number of aromatic nitrogens is 2. The van der Waals surface area contributed by atoms with E-state index in [0.29, 0.717) is 5.82 Å². The van der Waals surface area contributed by atoms with Crippen molar-refractivity contribution < 1.29 is 0 Å². The van der Waals surface area contributed by atoms with Crippen molar-refractivity contribution in [3.05, 3.63) is 48.5 Å². The van der Waals surface area contributed by atoms with Gasteiger partial charge in [0.15, 0.2) is 0 Å². The summed E-state index contributed by atoms with van der Waals surface area (Å²) < 4.78 is 0. The molecule has 5 nitrogen and oxygen atoms in total. The van der Waals surface area contributed by atoms with Gasteiger partial charge in [-0.25, -0.2) is 0 Å². The van der Waals surface area contributed by atoms with E-state index < -0.39 is 0 Å². The molecule has 1 N–H and O–H groups in total. The molecule has 2 aromatic carbocycles. The van der Waals surface area contributed by atoms with E-state index in [1.165, 1.54) is 24.9 Å². The summed E-state index contributed by atoms with van der Waals surface area (Å²) in [6.45, 7) is 2.19. The molecular formula is C18H19N5. The van der Waals surface area contributed by atoms with Gasteiger partial charge in [0.2, 0.25) is 5.82 Å². The summed E-state index contributed by atoms with van der Waals surface area (Å²) >= 11 is 0. The number of azo groups is 1. The molecule has 0 unspecified atom stereocenters. The average molecular weight is 305 g/mol. The topological polar surface area (TPSA) is 56.6 Å². The minimum atomic E-state index is 0.657. The van der Waals surface area contributed by atoms with Gasteiger partial charge in [-0.2, -0.15) is 5.10 Å². The molecule has 1 saturated heterocycles. The molecule has 3 aromatic rings. The molecule has 1 aliphatic heterocycles. The zero-order valence-corrected chi connectivity index (χ0v) is 12.9. The molecule has 5 heteroatoms. The first-order chi connectivity index (χ1) is 11.4. The average Bonchev–Trinajstić information content (AvgIpc) is 3.05. The Morgan fingerprint density at radius 3 is 2.52 bits per heavy atom. The van der Waals surface area contributed by atoms with Crippen molar-refractivity contribution in [1.82, 2.24) is 10.2 Å². The number of nitrogens with one attached hydrogen (secondary N) is 1. The number of aromatic amines is 1. The number of benzene rings is 2. The fraction of sp³-hybridized carbons (Fsp3) is 0.278. The van der Waals surface area contributed by atoms with Crippen molar-refractivity contribution in [2.24, 2.45) is 10.2 Å². The maximum absolute atomic E-state index is 4.38. The normalized spacial score (nSPS) is 15.6. The van der Waals surface area contributed by atoms with Gasteiger partial charge in [0.05, 0.1) is 22.3 Å². The lowest BCUT2D eigenvalue weighted by Crippen LogP contribution is -2.29. The van der Waals surface area contributed by atoms with Gasteiger partial charge in [-0.3, -0.25) is 5.10 Å². The van der Waals surface area contributed by atoms with E-state index in [1.54, 1.807) is 0 Å². The van der Waals surface area contributed by atoms with Crippen LogP contribution in [0.25, 0.3) is 10.9 Å². The highest BCUT2D eigenvalue weighted by atomic mass is 15.2. The summed E-state index contributed by atoms with van der Waals surface area (Å²) in [5.74, 6) is 0.657. The second-order valence-corrected chi connectivity index (χ2v) is 5.83. The molecule has 0 atom stereocenters. The van der Waals surface area contributed by atoms with Crippen LogP contribution < -0.4 is 4.90 Å². The SMILES string of the molecule is c1ccc(N=Nc2n[nH]c3cccc(N4CCCCC4)c23)cc1. The van der Waals surface area contributed by atoms with Gasteiger partial charge >= 0.3 is 0 Å². The number of fused-ring (bicyclic) bond motifs is 1. The largest absolute Gasteiger partial charge is 0.371 e. The van der Waals surface area contributed by atoms with Crippen LogP contribution in [0.2, 0.25) is 0 Å². The van der Waals surface area contributed by atoms with Gasteiger partial charge in [0.25, 0.3) is 0 Å². The number of hydrogen-bond donors (Lipinski definition) is 1. The van der Waals surface area contributed by atoms with E-state index in [4.69, 9.17) is 0 Å². The Labute approximate surface area is 135 Å². The van der Waals surface area contributed by atoms with E-state index in [2.05, 4.69) is 37.5 Å². The number of nitrogens with zero attached hydrogens (tertiary/aromatic N) is 4. The van der Waals surface area contributed by atoms with Gasteiger partial charge in [-0.15, -0.1) is 10.2 Å². The number of hydrogen-bond acceptors (Lipinski definition) is 4. The smallest absolute Gasteiger partial charge is 0.205 e. The predicted octanol–water partition coefficient (Wildman–Crippen LogP) is 4.97. The van der Waals surface area contributed by atoms with E-state index in [0.717, 1.165) is 29.7 Å². The summed E-state index contributed by atoms with van der Waals surface area (Å²) in [5, 5.41) is 17.2. The molecule has 0 saturated carbocycles. The highest BCUT2D eigenvalue weighted by Crippen LogP contribution is 2.35. The minimum absolute atomic E-state index is 0.657. The van der Waals surface area contributed by atoms with E-state index in [-0.39, 0.29) is 0 Å². The van der Waals surface area contributed by atoms with Crippen LogP contribution in [0, 0.1) is 0 Å². The van der Waals surface area contributed by atoms with Crippen LogP contribution in [0.5, 0.6) is 0 Å². The van der Waals surface area contributed by atoms with E-state index in [9.17, 15) is 0 Å². The van der Waals surface area contributed by atoms with Gasteiger partial charge < -0.3 is 4.90 Å². The number of piperidine rings is 1. The quantitative estimate of drug-likeness (QED) is 0.695. The third kappa shape index (κ3) is 2.82. The van der Waals surface area contributed by atoms with Crippen molar-refractivity contribution >= 4 is 28.1 Å². The van der Waals surface area contributed by atoms with Gasteiger partial charge in [-0.05, 0) is 43.5 Å². The standard InChI is InChI=1S/C18H19N5/c1-3-8-14(9-4-1)19-21-18-17-15(20-22-18)10-7-11-16(17)23-12-5-2-6-13-23/h1,3-4,7-11H,2,5-6,12-13H2,(H,20,22). The molecule has 0 aliphatic carbocycles. The first-order valence-corrected chi connectivity index (χ1v) is 8.11. The van der Waals surface area contributed by atoms with Crippen LogP contribution >= 0.6 is 0 Å². The van der Waals surface area contributed by atoms with Crippen LogP contribution in [0.3, 0.4) is 0 Å². The van der Waals surface area contributed by atoms with Crippen molar-refractivity contribution in [1.29, 1.82) is 0 Å². The Kier molecular flexibility index (Phi) is 3.76. The van der Waals surface area contributed by atoms with E-state index >= 15 is 0 Å². The summed E-state index contributed by atoms with van der Waals surface area (Å²) in [7, 11) is 0. The molecule has 1 fully saturated rings. The van der Waals surface area contributed by atoms with Crippen LogP contribution in [-0.4, -0.2) is 23.3 Å². The molecule has 1 aliphatic rings. The van der Waals surface area contributed by atoms with Crippen LogP contribution in [0.15, 0.2) is 58.8 Å². The number of H-pyrrole nitrogens is 1. The molecular weight excluding hydrogens is 286 g/mol. The summed E-state index contributed by atoms with van der Waals surface area (Å²) in [5.41, 5.74) is 3.05. The van der Waals surface area contributed by atoms with Gasteiger partial charge in [0.1, 0.15) is 0 Å². The third-order valence-electron chi connectivity index (χ3n) is 4.26. The second kappa shape index (κ2) is 6.20. The molecule has 2 heterocycles. The summed E-state index contributed by atoms with van der Waals surface area (Å²) in [4.78, 5) is 2.43. The first-order valence-electron chi connectivity index (χ1n) is 8.11. The van der Waals surface area contributed by atoms with Gasteiger partial charge in [0, 0.05) is 13.1 Å². The zero-order chi connectivity index (χ0) is 15.5. The molecule has 0 spiro atoms. The third-order valence-corrected chi connectivity index (χ3v) is 4.26. The predicted molar refractivity (Wildman–Crippen MR) is 92.8 cm³/mol. The second-order valence-electron chi connectivity index (χ2n) is 5.83. The highest BCUT2D eigenvalue weighted by Gasteiger charge is 2.17. The zero-order valence-electron chi connectivity index (χ0n) is 12.9. The van der Waals surface area contributed by atoms with Gasteiger partial charge in [-0.1, -0.05) is 24.3 Å². The highest BCUT2D eigenvalue weighted by molar-refractivity contribution is 5.99. The maximum atomic E-state index is 4.38. The van der Waals surface area contributed by atoms with Crippen molar-refractivity contribution in [3.63, 3.8) is 0 Å².